The lowest BCUT2D eigenvalue weighted by Gasteiger charge is -2.15. The Morgan fingerprint density at radius 2 is 0.597 bits per heavy atom. The Labute approximate surface area is 388 Å². The highest BCUT2D eigenvalue weighted by Crippen LogP contribution is 2.18. The number of allylic oxidation sites excluding steroid dienone is 2. The molecule has 0 amide bonds. The topological polar surface area (TPSA) is 72.8 Å². The van der Waals surface area contributed by atoms with Crippen molar-refractivity contribution in [2.45, 2.75) is 328 Å². The first kappa shape index (κ1) is 60.6. The molecule has 0 aromatic carbocycles. The van der Waals surface area contributed by atoms with Crippen molar-refractivity contribution in [1.29, 1.82) is 0 Å². The van der Waals surface area contributed by atoms with E-state index >= 15 is 0 Å². The number of aliphatic hydroxyl groups is 1. The number of rotatable bonds is 53. The van der Waals surface area contributed by atoms with Crippen LogP contribution in [0.25, 0.3) is 0 Å². The van der Waals surface area contributed by atoms with E-state index in [-0.39, 0.29) is 25.2 Å². The molecule has 0 aromatic heterocycles. The minimum absolute atomic E-state index is 0.0594. The standard InChI is InChI=1S/C57H110O5/c1-3-5-7-9-11-13-15-17-19-21-23-24-25-26-27-28-29-30-31-32-34-35-37-39-41-43-45-47-49-51-56(59)61-54-55(53-58)62-57(60)52-50-48-46-44-42-40-38-36-33-22-20-18-16-14-12-10-8-6-4-2/h18,20,55,58H,3-17,19,21-54H2,1-2H3/b20-18-. The molecule has 5 nitrogen and oxygen atoms in total. The van der Waals surface area contributed by atoms with Gasteiger partial charge in [-0.3, -0.25) is 9.59 Å². The van der Waals surface area contributed by atoms with E-state index in [9.17, 15) is 14.7 Å². The molecule has 368 valence electrons. The first-order chi connectivity index (χ1) is 30.6. The Kier molecular flexibility index (Phi) is 52.8. The average Bonchev–Trinajstić information content (AvgIpc) is 3.28. The summed E-state index contributed by atoms with van der Waals surface area (Å²) < 4.78 is 10.7. The molecule has 0 aliphatic heterocycles. The van der Waals surface area contributed by atoms with Crippen LogP contribution in [0.4, 0.5) is 0 Å². The summed E-state index contributed by atoms with van der Waals surface area (Å²) in [6, 6.07) is 0. The number of ether oxygens (including phenoxy) is 2. The molecular weight excluding hydrogens is 765 g/mol. The van der Waals surface area contributed by atoms with Crippen LogP contribution in [0.15, 0.2) is 12.2 Å². The number of carbonyl (C=O) groups excluding carboxylic acids is 2. The second kappa shape index (κ2) is 54.0. The molecule has 0 aromatic rings. The fraction of sp³-hybridized carbons (Fsp3) is 0.930. The number of esters is 2. The third-order valence-electron chi connectivity index (χ3n) is 13.1. The third-order valence-corrected chi connectivity index (χ3v) is 13.1. The van der Waals surface area contributed by atoms with Crippen molar-refractivity contribution in [3.8, 4) is 0 Å². The minimum atomic E-state index is -0.768. The first-order valence-corrected chi connectivity index (χ1v) is 28.2. The molecule has 1 N–H and O–H groups in total. The fourth-order valence-corrected chi connectivity index (χ4v) is 8.79. The number of hydrogen-bond acceptors (Lipinski definition) is 5. The highest BCUT2D eigenvalue weighted by Gasteiger charge is 2.16. The lowest BCUT2D eigenvalue weighted by atomic mass is 10.0. The summed E-state index contributed by atoms with van der Waals surface area (Å²) in [5, 5.41) is 9.64. The Balaban J connectivity index is 3.40. The molecule has 0 saturated carbocycles. The number of aliphatic hydroxyl groups excluding tert-OH is 1. The lowest BCUT2D eigenvalue weighted by molar-refractivity contribution is -0.161. The summed E-state index contributed by atoms with van der Waals surface area (Å²) in [7, 11) is 0. The first-order valence-electron chi connectivity index (χ1n) is 28.2. The van der Waals surface area contributed by atoms with Gasteiger partial charge in [-0.25, -0.2) is 0 Å². The normalized spacial score (nSPS) is 12.1. The summed E-state index contributed by atoms with van der Waals surface area (Å²) in [5.74, 6) is -0.572. The highest BCUT2D eigenvalue weighted by molar-refractivity contribution is 5.70. The Bertz CT molecular complexity index is 902. The van der Waals surface area contributed by atoms with E-state index in [4.69, 9.17) is 9.47 Å². The van der Waals surface area contributed by atoms with Gasteiger partial charge >= 0.3 is 11.9 Å². The van der Waals surface area contributed by atoms with Gasteiger partial charge in [0, 0.05) is 12.8 Å². The van der Waals surface area contributed by atoms with Gasteiger partial charge in [-0.15, -0.1) is 0 Å². The van der Waals surface area contributed by atoms with Gasteiger partial charge in [-0.1, -0.05) is 283 Å². The molecule has 0 aliphatic rings. The zero-order valence-electron chi connectivity index (χ0n) is 42.2. The molecule has 0 aliphatic carbocycles. The summed E-state index contributed by atoms with van der Waals surface area (Å²) in [6.07, 6.45) is 66.2. The smallest absolute Gasteiger partial charge is 0.306 e. The van der Waals surface area contributed by atoms with Crippen LogP contribution in [-0.2, 0) is 19.1 Å². The van der Waals surface area contributed by atoms with E-state index in [1.54, 1.807) is 0 Å². The zero-order valence-corrected chi connectivity index (χ0v) is 42.2. The third kappa shape index (κ3) is 51.3. The molecule has 0 heterocycles. The van der Waals surface area contributed by atoms with Crippen LogP contribution < -0.4 is 0 Å². The largest absolute Gasteiger partial charge is 0.462 e. The van der Waals surface area contributed by atoms with E-state index in [2.05, 4.69) is 26.0 Å². The van der Waals surface area contributed by atoms with Crippen LogP contribution in [0, 0.1) is 0 Å². The van der Waals surface area contributed by atoms with Crippen LogP contribution in [0.5, 0.6) is 0 Å². The summed E-state index contributed by atoms with van der Waals surface area (Å²) in [5.41, 5.74) is 0. The summed E-state index contributed by atoms with van der Waals surface area (Å²) in [6.45, 7) is 4.19. The molecule has 1 unspecified atom stereocenters. The Morgan fingerprint density at radius 1 is 0.355 bits per heavy atom. The maximum absolute atomic E-state index is 12.3. The fourth-order valence-electron chi connectivity index (χ4n) is 8.79. The number of hydrogen-bond donors (Lipinski definition) is 1. The summed E-state index contributed by atoms with van der Waals surface area (Å²) in [4.78, 5) is 24.5. The van der Waals surface area contributed by atoms with Crippen molar-refractivity contribution in [3.05, 3.63) is 12.2 Å². The molecule has 0 fully saturated rings. The second-order valence-electron chi connectivity index (χ2n) is 19.4. The molecule has 0 bridgehead atoms. The monoisotopic (exact) mass is 875 g/mol. The Morgan fingerprint density at radius 3 is 0.871 bits per heavy atom. The molecule has 5 heteroatoms. The van der Waals surface area contributed by atoms with E-state index < -0.39 is 6.10 Å². The van der Waals surface area contributed by atoms with Crippen LogP contribution in [0.1, 0.15) is 322 Å². The van der Waals surface area contributed by atoms with E-state index in [1.165, 1.54) is 263 Å². The van der Waals surface area contributed by atoms with E-state index in [0.717, 1.165) is 32.1 Å². The second-order valence-corrected chi connectivity index (χ2v) is 19.4. The molecule has 0 saturated heterocycles. The van der Waals surface area contributed by atoms with Crippen molar-refractivity contribution >= 4 is 11.9 Å². The van der Waals surface area contributed by atoms with Crippen LogP contribution in [-0.4, -0.2) is 36.4 Å². The highest BCUT2D eigenvalue weighted by atomic mass is 16.6. The summed E-state index contributed by atoms with van der Waals surface area (Å²) >= 11 is 0. The van der Waals surface area contributed by atoms with Crippen molar-refractivity contribution < 1.29 is 24.2 Å². The predicted octanol–water partition coefficient (Wildman–Crippen LogP) is 18.8. The molecule has 0 rings (SSSR count). The van der Waals surface area contributed by atoms with Gasteiger partial charge in [0.1, 0.15) is 6.61 Å². The van der Waals surface area contributed by atoms with Gasteiger partial charge in [0.15, 0.2) is 6.10 Å². The zero-order chi connectivity index (χ0) is 44.9. The number of unbranched alkanes of at least 4 members (excludes halogenated alkanes) is 43. The van der Waals surface area contributed by atoms with Gasteiger partial charge in [0.2, 0.25) is 0 Å². The van der Waals surface area contributed by atoms with Crippen LogP contribution in [0.3, 0.4) is 0 Å². The SMILES string of the molecule is CCCCCCCC/C=C\CCCCCCCCCCCC(=O)OC(CO)COC(=O)CCCCCCCCCCCCCCCCCCCCCCCCCCCCCCC. The molecular formula is C57H110O5. The molecule has 62 heavy (non-hydrogen) atoms. The van der Waals surface area contributed by atoms with Crippen LogP contribution >= 0.6 is 0 Å². The van der Waals surface area contributed by atoms with Crippen LogP contribution in [0.2, 0.25) is 0 Å². The maximum atomic E-state index is 12.3. The van der Waals surface area contributed by atoms with E-state index in [0.29, 0.717) is 12.8 Å². The van der Waals surface area contributed by atoms with Crippen molar-refractivity contribution in [2.75, 3.05) is 13.2 Å². The predicted molar refractivity (Wildman–Crippen MR) is 270 cm³/mol. The molecule has 1 atom stereocenters. The van der Waals surface area contributed by atoms with Crippen molar-refractivity contribution in [1.82, 2.24) is 0 Å². The average molecular weight is 876 g/mol. The van der Waals surface area contributed by atoms with Gasteiger partial charge < -0.3 is 14.6 Å². The van der Waals surface area contributed by atoms with Crippen molar-refractivity contribution in [2.24, 2.45) is 0 Å². The molecule has 0 spiro atoms. The van der Waals surface area contributed by atoms with Gasteiger partial charge in [0.05, 0.1) is 6.61 Å². The van der Waals surface area contributed by atoms with E-state index in [1.807, 2.05) is 0 Å². The number of carbonyl (C=O) groups is 2. The maximum Gasteiger partial charge on any atom is 0.306 e. The Hall–Kier alpha value is -1.36. The lowest BCUT2D eigenvalue weighted by Crippen LogP contribution is -2.28. The van der Waals surface area contributed by atoms with Gasteiger partial charge in [-0.05, 0) is 38.5 Å². The minimum Gasteiger partial charge on any atom is -0.462 e. The van der Waals surface area contributed by atoms with Gasteiger partial charge in [-0.2, -0.15) is 0 Å². The van der Waals surface area contributed by atoms with Gasteiger partial charge in [0.25, 0.3) is 0 Å². The molecule has 0 radical (unpaired) electrons. The van der Waals surface area contributed by atoms with Crippen molar-refractivity contribution in [3.63, 3.8) is 0 Å². The quantitative estimate of drug-likeness (QED) is 0.0374.